The van der Waals surface area contributed by atoms with Crippen molar-refractivity contribution in [2.45, 2.75) is 25.8 Å². The van der Waals surface area contributed by atoms with E-state index in [1.54, 1.807) is 41.8 Å². The molecule has 202 valence electrons. The lowest BCUT2D eigenvalue weighted by Crippen LogP contribution is -2.38. The Morgan fingerprint density at radius 2 is 1.88 bits per heavy atom. The number of halogens is 1. The van der Waals surface area contributed by atoms with Crippen LogP contribution in [0.25, 0.3) is 23.1 Å². The van der Waals surface area contributed by atoms with Crippen LogP contribution in [0.1, 0.15) is 40.5 Å². The molecule has 3 aromatic carbocycles. The average Bonchev–Trinajstić information content (AvgIpc) is 3.57. The molecule has 0 unspecified atom stereocenters. The zero-order valence-corrected chi connectivity index (χ0v) is 24.2. The van der Waals surface area contributed by atoms with E-state index in [2.05, 4.69) is 46.3 Å². The van der Waals surface area contributed by atoms with Crippen LogP contribution in [0.3, 0.4) is 0 Å². The normalized spacial score (nSPS) is 16.1. The summed E-state index contributed by atoms with van der Waals surface area (Å²) in [7, 11) is 0. The lowest BCUT2D eigenvalue weighted by atomic mass is 9.83. The van der Waals surface area contributed by atoms with Crippen molar-refractivity contribution in [2.24, 2.45) is 4.99 Å². The van der Waals surface area contributed by atoms with E-state index >= 15 is 0 Å². The molecule has 5 aromatic rings. The van der Waals surface area contributed by atoms with Crippen LogP contribution in [0.5, 0.6) is 0 Å². The van der Waals surface area contributed by atoms with Crippen molar-refractivity contribution in [2.75, 3.05) is 0 Å². The molecule has 3 heterocycles. The van der Waals surface area contributed by atoms with Crippen molar-refractivity contribution in [3.05, 3.63) is 147 Å². The number of furan rings is 1. The smallest absolute Gasteiger partial charge is 0.273 e. The molecule has 0 radical (unpaired) electrons. The van der Waals surface area contributed by atoms with Gasteiger partial charge < -0.3 is 4.42 Å². The lowest BCUT2D eigenvalue weighted by molar-refractivity contribution is -0.385. The van der Waals surface area contributed by atoms with Crippen molar-refractivity contribution in [1.82, 2.24) is 4.57 Å². The topological polar surface area (TPSA) is 90.6 Å². The first-order valence-corrected chi connectivity index (χ1v) is 14.7. The maximum absolute atomic E-state index is 14.0. The van der Waals surface area contributed by atoms with Crippen molar-refractivity contribution < 1.29 is 9.34 Å². The number of nitrogens with zero attached hydrogens (tertiary/aromatic N) is 3. The highest BCUT2D eigenvalue weighted by atomic mass is 79.9. The van der Waals surface area contributed by atoms with Gasteiger partial charge in [-0.15, -0.1) is 0 Å². The highest BCUT2D eigenvalue weighted by Crippen LogP contribution is 2.41. The first-order chi connectivity index (χ1) is 19.9. The van der Waals surface area contributed by atoms with E-state index in [1.165, 1.54) is 23.0 Å². The summed E-state index contributed by atoms with van der Waals surface area (Å²) in [5.74, 6) is 0.981. The van der Waals surface area contributed by atoms with E-state index in [1.807, 2.05) is 18.2 Å². The zero-order chi connectivity index (χ0) is 28.2. The molecule has 0 saturated carbocycles. The highest BCUT2D eigenvalue weighted by Gasteiger charge is 2.32. The summed E-state index contributed by atoms with van der Waals surface area (Å²) in [5, 5.41) is 11.4. The van der Waals surface area contributed by atoms with Crippen LogP contribution in [0.2, 0.25) is 0 Å². The molecule has 0 N–H and O–H groups in total. The van der Waals surface area contributed by atoms with Gasteiger partial charge in [-0.1, -0.05) is 75.8 Å². The summed E-state index contributed by atoms with van der Waals surface area (Å²) in [5.41, 5.74) is 6.61. The van der Waals surface area contributed by atoms with Crippen LogP contribution in [-0.2, 0) is 6.42 Å². The molecule has 1 atom stereocenters. The largest absolute Gasteiger partial charge is 0.457 e. The molecule has 41 heavy (non-hydrogen) atoms. The fraction of sp³-hybridized carbons (Fsp3) is 0.125. The van der Waals surface area contributed by atoms with Gasteiger partial charge in [-0.2, -0.15) is 0 Å². The fourth-order valence-electron chi connectivity index (χ4n) is 5.64. The molecular weight excluding hydrogens is 602 g/mol. The van der Waals surface area contributed by atoms with Crippen molar-refractivity contribution in [3.63, 3.8) is 0 Å². The Balaban J connectivity index is 1.37. The number of benzene rings is 3. The Kier molecular flexibility index (Phi) is 6.21. The summed E-state index contributed by atoms with van der Waals surface area (Å²) in [6.07, 6.45) is 3.45. The first kappa shape index (κ1) is 25.6. The predicted molar refractivity (Wildman–Crippen MR) is 162 cm³/mol. The molecule has 0 saturated heterocycles. The highest BCUT2D eigenvalue weighted by molar-refractivity contribution is 9.10. The monoisotopic (exact) mass is 623 g/mol. The van der Waals surface area contributed by atoms with Crippen LogP contribution >= 0.6 is 27.3 Å². The maximum atomic E-state index is 14.0. The number of aromatic nitrogens is 1. The number of nitro groups is 1. The van der Waals surface area contributed by atoms with E-state index < -0.39 is 4.92 Å². The van der Waals surface area contributed by atoms with Gasteiger partial charge in [0.15, 0.2) is 4.80 Å². The van der Waals surface area contributed by atoms with Gasteiger partial charge >= 0.3 is 0 Å². The molecule has 0 spiro atoms. The number of fused-ring (bicyclic) bond motifs is 3. The quantitative estimate of drug-likeness (QED) is 0.167. The van der Waals surface area contributed by atoms with Crippen LogP contribution in [-0.4, -0.2) is 9.49 Å². The molecule has 2 aliphatic rings. The van der Waals surface area contributed by atoms with E-state index in [0.717, 1.165) is 39.7 Å². The standard InChI is InChI=1S/C32H22BrN3O4S/c1-18-6-7-21(16-26(18)36(38)39)27-15-13-23(40-27)17-28-31(37)35-30(20-8-11-22(33)12-9-20)25-14-10-19-4-2-3-5-24(19)29(25)34-32(35)41-28/h2-9,11-13,15-17,30H,10,14H2,1H3/b28-17+/t30-/m0/s1. The van der Waals surface area contributed by atoms with E-state index in [-0.39, 0.29) is 17.3 Å². The minimum absolute atomic E-state index is 0.0345. The average molecular weight is 625 g/mol. The molecule has 0 fully saturated rings. The number of allylic oxidation sites excluding steroid dienone is 1. The van der Waals surface area contributed by atoms with E-state index in [0.29, 0.717) is 32.0 Å². The molecule has 2 aromatic heterocycles. The van der Waals surface area contributed by atoms with E-state index in [4.69, 9.17) is 9.41 Å². The summed E-state index contributed by atoms with van der Waals surface area (Å²) >= 11 is 4.87. The van der Waals surface area contributed by atoms with Gasteiger partial charge in [-0.3, -0.25) is 19.5 Å². The summed E-state index contributed by atoms with van der Waals surface area (Å²) in [4.78, 5) is 30.7. The molecule has 0 amide bonds. The Hall–Kier alpha value is -4.34. The molecule has 1 aliphatic carbocycles. The minimum atomic E-state index is -0.400. The van der Waals surface area contributed by atoms with Crippen LogP contribution < -0.4 is 14.9 Å². The molecular formula is C32H22BrN3O4S. The zero-order valence-electron chi connectivity index (χ0n) is 21.8. The van der Waals surface area contributed by atoms with Gasteiger partial charge in [0.05, 0.1) is 21.2 Å². The fourth-order valence-corrected chi connectivity index (χ4v) is 6.89. The second-order valence-corrected chi connectivity index (χ2v) is 12.1. The summed E-state index contributed by atoms with van der Waals surface area (Å²) in [6.45, 7) is 1.70. The van der Waals surface area contributed by atoms with Gasteiger partial charge in [0, 0.05) is 33.3 Å². The summed E-state index contributed by atoms with van der Waals surface area (Å²) in [6, 6.07) is 24.7. The van der Waals surface area contributed by atoms with Gasteiger partial charge in [0.25, 0.3) is 11.2 Å². The van der Waals surface area contributed by atoms with Gasteiger partial charge in [0.2, 0.25) is 0 Å². The van der Waals surface area contributed by atoms with Gasteiger partial charge in [-0.25, -0.2) is 4.99 Å². The second-order valence-electron chi connectivity index (χ2n) is 10.1. The second kappa shape index (κ2) is 9.94. The van der Waals surface area contributed by atoms with Crippen LogP contribution in [0.4, 0.5) is 5.69 Å². The number of hydrogen-bond donors (Lipinski definition) is 0. The predicted octanol–water partition coefficient (Wildman–Crippen LogP) is 6.56. The number of thiazole rings is 1. The first-order valence-electron chi connectivity index (χ1n) is 13.1. The SMILES string of the molecule is Cc1ccc(-c2ccc(/C=c3/sc4n(c3=O)[C@@H](c3ccc(Br)cc3)C3=C(N=4)c4ccccc4CC3)o2)cc1[N+](=O)[O-]. The molecule has 7 nitrogen and oxygen atoms in total. The minimum Gasteiger partial charge on any atom is -0.457 e. The van der Waals surface area contributed by atoms with Crippen LogP contribution in [0.15, 0.2) is 103 Å². The molecule has 1 aliphatic heterocycles. The number of hydrogen-bond acceptors (Lipinski definition) is 6. The molecule has 0 bridgehead atoms. The van der Waals surface area contributed by atoms with E-state index in [9.17, 15) is 14.9 Å². The summed E-state index contributed by atoms with van der Waals surface area (Å²) < 4.78 is 9.33. The number of nitro benzene ring substituents is 1. The Morgan fingerprint density at radius 3 is 2.68 bits per heavy atom. The third-order valence-electron chi connectivity index (χ3n) is 7.65. The Morgan fingerprint density at radius 1 is 1.07 bits per heavy atom. The Labute approximate surface area is 246 Å². The maximum Gasteiger partial charge on any atom is 0.273 e. The number of rotatable bonds is 4. The third-order valence-corrected chi connectivity index (χ3v) is 9.16. The molecule has 9 heteroatoms. The van der Waals surface area contributed by atoms with Crippen molar-refractivity contribution in [3.8, 4) is 11.3 Å². The number of aryl methyl sites for hydroxylation is 2. The molecule has 7 rings (SSSR count). The Bertz CT molecular complexity index is 2090. The van der Waals surface area contributed by atoms with Gasteiger partial charge in [0.1, 0.15) is 11.5 Å². The van der Waals surface area contributed by atoms with Crippen LogP contribution in [0, 0.1) is 17.0 Å². The third kappa shape index (κ3) is 4.42. The lowest BCUT2D eigenvalue weighted by Gasteiger charge is -2.30. The van der Waals surface area contributed by atoms with Gasteiger partial charge in [-0.05, 0) is 60.7 Å². The van der Waals surface area contributed by atoms with Crippen molar-refractivity contribution in [1.29, 1.82) is 0 Å². The van der Waals surface area contributed by atoms with Crippen molar-refractivity contribution >= 4 is 44.7 Å².